The number of carbonyl (C=O) groups excluding carboxylic acids is 3. The summed E-state index contributed by atoms with van der Waals surface area (Å²) in [6, 6.07) is 8.62. The van der Waals surface area contributed by atoms with Gasteiger partial charge in [-0.25, -0.2) is 14.1 Å². The highest BCUT2D eigenvalue weighted by Crippen LogP contribution is 2.27. The van der Waals surface area contributed by atoms with Gasteiger partial charge in [-0.15, -0.1) is 0 Å². The largest absolute Gasteiger partial charge is 0.336 e. The molecule has 0 radical (unpaired) electrons. The lowest BCUT2D eigenvalue weighted by Gasteiger charge is -2.30. The molecule has 6 nitrogen and oxygen atoms in total. The molecule has 3 rings (SSSR count). The van der Waals surface area contributed by atoms with E-state index in [2.05, 4.69) is 10.6 Å². The second kappa shape index (κ2) is 7.31. The van der Waals surface area contributed by atoms with Gasteiger partial charge in [0.05, 0.1) is 16.4 Å². The minimum atomic E-state index is -1.17. The maximum absolute atomic E-state index is 13.1. The minimum Gasteiger partial charge on any atom is -0.336 e. The number of hydrogen-bond acceptors (Lipinski definition) is 3. The molecule has 0 aliphatic carbocycles. The summed E-state index contributed by atoms with van der Waals surface area (Å²) in [6.07, 6.45) is 0. The number of amides is 4. The van der Waals surface area contributed by atoms with E-state index in [0.29, 0.717) is 5.02 Å². The van der Waals surface area contributed by atoms with E-state index in [4.69, 9.17) is 23.2 Å². The van der Waals surface area contributed by atoms with Gasteiger partial charge < -0.3 is 10.6 Å². The van der Waals surface area contributed by atoms with Gasteiger partial charge in [0.25, 0.3) is 0 Å². The predicted octanol–water partition coefficient (Wildman–Crippen LogP) is 3.44. The monoisotopic (exact) mass is 395 g/mol. The highest BCUT2D eigenvalue weighted by atomic mass is 35.5. The molecule has 1 fully saturated rings. The first kappa shape index (κ1) is 18.2. The number of halogens is 3. The van der Waals surface area contributed by atoms with Crippen molar-refractivity contribution in [2.45, 2.75) is 0 Å². The third kappa shape index (κ3) is 3.63. The molecule has 1 aliphatic heterocycles. The molecular weight excluding hydrogens is 384 g/mol. The Morgan fingerprint density at radius 3 is 2.54 bits per heavy atom. The van der Waals surface area contributed by atoms with Gasteiger partial charge in [0, 0.05) is 11.6 Å². The summed E-state index contributed by atoms with van der Waals surface area (Å²) in [4.78, 5) is 38.0. The molecule has 2 aromatic carbocycles. The SMILES string of the molecule is O=C(Nc1cc(Cl)ccc1Cl)C1CNC(=O)N(c2ccc(F)cc2)C1=O. The van der Waals surface area contributed by atoms with E-state index in [1.54, 1.807) is 6.07 Å². The number of anilines is 2. The molecule has 2 N–H and O–H groups in total. The number of nitrogens with one attached hydrogen (secondary N) is 2. The van der Waals surface area contributed by atoms with Gasteiger partial charge in [0.1, 0.15) is 11.7 Å². The summed E-state index contributed by atoms with van der Waals surface area (Å²) in [6.45, 7) is -0.167. The van der Waals surface area contributed by atoms with Crippen molar-refractivity contribution in [2.24, 2.45) is 5.92 Å². The van der Waals surface area contributed by atoms with Crippen molar-refractivity contribution in [1.29, 1.82) is 0 Å². The van der Waals surface area contributed by atoms with Crippen LogP contribution in [-0.2, 0) is 9.59 Å². The van der Waals surface area contributed by atoms with Crippen molar-refractivity contribution >= 4 is 52.4 Å². The van der Waals surface area contributed by atoms with E-state index in [1.807, 2.05) is 0 Å². The van der Waals surface area contributed by atoms with Crippen molar-refractivity contribution < 1.29 is 18.8 Å². The zero-order valence-corrected chi connectivity index (χ0v) is 14.6. The normalized spacial score (nSPS) is 17.0. The van der Waals surface area contributed by atoms with E-state index >= 15 is 0 Å². The standard InChI is InChI=1S/C17H12Cl2FN3O3/c18-9-1-6-13(19)14(7-9)22-15(24)12-8-21-17(26)23(16(12)25)11-4-2-10(20)3-5-11/h1-7,12H,8H2,(H,21,26)(H,22,24). The maximum atomic E-state index is 13.1. The van der Waals surface area contributed by atoms with Crippen molar-refractivity contribution in [1.82, 2.24) is 5.32 Å². The Hall–Kier alpha value is -2.64. The fourth-order valence-corrected chi connectivity index (χ4v) is 2.80. The van der Waals surface area contributed by atoms with Gasteiger partial charge in [-0.05, 0) is 42.5 Å². The van der Waals surface area contributed by atoms with Crippen molar-refractivity contribution in [3.63, 3.8) is 0 Å². The zero-order chi connectivity index (χ0) is 18.8. The summed E-state index contributed by atoms with van der Waals surface area (Å²) in [5.41, 5.74) is 0.411. The van der Waals surface area contributed by atoms with Crippen molar-refractivity contribution in [3.05, 3.63) is 58.3 Å². The van der Waals surface area contributed by atoms with Crippen LogP contribution < -0.4 is 15.5 Å². The number of rotatable bonds is 3. The van der Waals surface area contributed by atoms with Gasteiger partial charge in [-0.1, -0.05) is 23.2 Å². The molecule has 2 aromatic rings. The zero-order valence-electron chi connectivity index (χ0n) is 13.1. The Balaban J connectivity index is 1.82. The molecular formula is C17H12Cl2FN3O3. The van der Waals surface area contributed by atoms with Crippen LogP contribution in [0.1, 0.15) is 0 Å². The van der Waals surface area contributed by atoms with E-state index in [9.17, 15) is 18.8 Å². The van der Waals surface area contributed by atoms with Gasteiger partial charge >= 0.3 is 6.03 Å². The van der Waals surface area contributed by atoms with Gasteiger partial charge in [0.15, 0.2) is 0 Å². The minimum absolute atomic E-state index is 0.159. The Kier molecular flexibility index (Phi) is 5.11. The summed E-state index contributed by atoms with van der Waals surface area (Å²) < 4.78 is 13.1. The fraction of sp³-hybridized carbons (Fsp3) is 0.118. The summed E-state index contributed by atoms with van der Waals surface area (Å²) >= 11 is 11.9. The van der Waals surface area contributed by atoms with Crippen LogP contribution in [0.5, 0.6) is 0 Å². The van der Waals surface area contributed by atoms with Crippen LogP contribution in [-0.4, -0.2) is 24.4 Å². The van der Waals surface area contributed by atoms with Crippen LogP contribution >= 0.6 is 23.2 Å². The average molecular weight is 396 g/mol. The molecule has 0 bridgehead atoms. The Bertz CT molecular complexity index is 889. The van der Waals surface area contributed by atoms with E-state index in [1.165, 1.54) is 24.3 Å². The lowest BCUT2D eigenvalue weighted by Crippen LogP contribution is -2.58. The second-order valence-corrected chi connectivity index (χ2v) is 6.35. The van der Waals surface area contributed by atoms with Crippen molar-refractivity contribution in [2.75, 3.05) is 16.8 Å². The second-order valence-electron chi connectivity index (χ2n) is 5.50. The van der Waals surface area contributed by atoms with Crippen molar-refractivity contribution in [3.8, 4) is 0 Å². The number of urea groups is 1. The van der Waals surface area contributed by atoms with Crippen LogP contribution in [0.4, 0.5) is 20.6 Å². The molecule has 134 valence electrons. The first-order valence-electron chi connectivity index (χ1n) is 7.50. The number of benzene rings is 2. The smallest absolute Gasteiger partial charge is 0.328 e. The highest BCUT2D eigenvalue weighted by Gasteiger charge is 2.39. The Morgan fingerprint density at radius 1 is 1.15 bits per heavy atom. The molecule has 1 saturated heterocycles. The van der Waals surface area contributed by atoms with E-state index in [0.717, 1.165) is 17.0 Å². The third-order valence-corrected chi connectivity index (χ3v) is 4.33. The number of imide groups is 1. The van der Waals surface area contributed by atoms with Crippen LogP contribution in [0.3, 0.4) is 0 Å². The first-order chi connectivity index (χ1) is 12.4. The van der Waals surface area contributed by atoms with Crippen LogP contribution in [0, 0.1) is 11.7 Å². The summed E-state index contributed by atoms with van der Waals surface area (Å²) in [5.74, 6) is -3.06. The number of carbonyl (C=O) groups is 3. The predicted molar refractivity (Wildman–Crippen MR) is 95.9 cm³/mol. The molecule has 1 atom stereocenters. The maximum Gasteiger partial charge on any atom is 0.328 e. The van der Waals surface area contributed by atoms with Crippen LogP contribution in [0.2, 0.25) is 10.0 Å². The molecule has 1 unspecified atom stereocenters. The third-order valence-electron chi connectivity index (χ3n) is 3.77. The Labute approximate surface area is 157 Å². The molecule has 0 spiro atoms. The van der Waals surface area contributed by atoms with E-state index < -0.39 is 29.6 Å². The molecule has 9 heteroatoms. The van der Waals surface area contributed by atoms with Gasteiger partial charge in [0.2, 0.25) is 11.8 Å². The average Bonchev–Trinajstić information content (AvgIpc) is 2.60. The molecule has 1 heterocycles. The lowest BCUT2D eigenvalue weighted by molar-refractivity contribution is -0.130. The molecule has 4 amide bonds. The fourth-order valence-electron chi connectivity index (χ4n) is 2.46. The topological polar surface area (TPSA) is 78.5 Å². The van der Waals surface area contributed by atoms with Gasteiger partial charge in [-0.3, -0.25) is 9.59 Å². The Morgan fingerprint density at radius 2 is 1.85 bits per heavy atom. The van der Waals surface area contributed by atoms with E-state index in [-0.39, 0.29) is 22.9 Å². The van der Waals surface area contributed by atoms with Crippen LogP contribution in [0.15, 0.2) is 42.5 Å². The number of nitrogens with zero attached hydrogens (tertiary/aromatic N) is 1. The summed E-state index contributed by atoms with van der Waals surface area (Å²) in [5, 5.41) is 5.62. The number of hydrogen-bond donors (Lipinski definition) is 2. The lowest BCUT2D eigenvalue weighted by atomic mass is 10.0. The molecule has 0 saturated carbocycles. The molecule has 26 heavy (non-hydrogen) atoms. The molecule has 1 aliphatic rings. The first-order valence-corrected chi connectivity index (χ1v) is 8.25. The highest BCUT2D eigenvalue weighted by molar-refractivity contribution is 6.36. The van der Waals surface area contributed by atoms with Gasteiger partial charge in [-0.2, -0.15) is 0 Å². The summed E-state index contributed by atoms with van der Waals surface area (Å²) in [7, 11) is 0. The van der Waals surface area contributed by atoms with Crippen LogP contribution in [0.25, 0.3) is 0 Å². The quantitative estimate of drug-likeness (QED) is 0.781. The molecule has 0 aromatic heterocycles.